The van der Waals surface area contributed by atoms with Crippen LogP contribution in [0.3, 0.4) is 0 Å². The summed E-state index contributed by atoms with van der Waals surface area (Å²) in [6.07, 6.45) is -0.375. The van der Waals surface area contributed by atoms with Gasteiger partial charge in [0.1, 0.15) is 0 Å². The van der Waals surface area contributed by atoms with E-state index in [1.54, 1.807) is 6.92 Å². The minimum absolute atomic E-state index is 0.0725. The molecule has 0 saturated heterocycles. The summed E-state index contributed by atoms with van der Waals surface area (Å²) in [5.74, 6) is -0.709. The molecule has 0 rings (SSSR count). The highest BCUT2D eigenvalue weighted by Crippen LogP contribution is 1.95. The predicted molar refractivity (Wildman–Crippen MR) is 35.8 cm³/mol. The zero-order valence-corrected chi connectivity index (χ0v) is 6.56. The van der Waals surface area contributed by atoms with Crippen molar-refractivity contribution in [3.05, 3.63) is 0 Å². The van der Waals surface area contributed by atoms with Crippen LogP contribution >= 0.6 is 11.6 Å². The Hall–Kier alpha value is -0.280. The number of carboxylic acid groups (broad SMARTS) is 1. The second-order valence-electron chi connectivity index (χ2n) is 1.95. The molecule has 1 unspecified atom stereocenters. The number of alkyl halides is 1. The largest absolute Gasteiger partial charge is 0.550 e. The van der Waals surface area contributed by atoms with Crippen molar-refractivity contribution in [2.75, 3.05) is 12.5 Å². The Kier molecular flexibility index (Phi) is 5.35. The van der Waals surface area contributed by atoms with Gasteiger partial charge < -0.3 is 14.6 Å². The van der Waals surface area contributed by atoms with Gasteiger partial charge in [-0.2, -0.15) is 0 Å². The first kappa shape index (κ1) is 9.72. The van der Waals surface area contributed by atoms with E-state index >= 15 is 0 Å². The molecule has 0 aliphatic heterocycles. The Morgan fingerprint density at radius 3 is 2.80 bits per heavy atom. The van der Waals surface area contributed by atoms with E-state index in [0.717, 1.165) is 0 Å². The molecule has 0 heterocycles. The van der Waals surface area contributed by atoms with Crippen LogP contribution in [0.15, 0.2) is 0 Å². The van der Waals surface area contributed by atoms with E-state index < -0.39 is 5.97 Å². The third kappa shape index (κ3) is 5.85. The van der Waals surface area contributed by atoms with Crippen molar-refractivity contribution in [2.45, 2.75) is 19.4 Å². The number of aliphatic carboxylic acids is 1. The first-order chi connectivity index (χ1) is 4.66. The molecule has 3 nitrogen and oxygen atoms in total. The minimum Gasteiger partial charge on any atom is -0.550 e. The van der Waals surface area contributed by atoms with Crippen molar-refractivity contribution in [1.82, 2.24) is 0 Å². The van der Waals surface area contributed by atoms with Crippen molar-refractivity contribution in [1.29, 1.82) is 0 Å². The standard InChI is InChI=1S/C6H11ClO3/c1-5(4-6(8)9)10-3-2-7/h5H,2-4H2,1H3,(H,8,9)/p-1. The lowest BCUT2D eigenvalue weighted by atomic mass is 10.3. The number of hydrogen-bond donors (Lipinski definition) is 0. The van der Waals surface area contributed by atoms with E-state index in [-0.39, 0.29) is 12.5 Å². The normalized spacial score (nSPS) is 13.0. The average Bonchev–Trinajstić information content (AvgIpc) is 1.82. The van der Waals surface area contributed by atoms with E-state index in [9.17, 15) is 9.90 Å². The quantitative estimate of drug-likeness (QED) is 0.529. The van der Waals surface area contributed by atoms with Crippen LogP contribution in [-0.4, -0.2) is 24.6 Å². The van der Waals surface area contributed by atoms with Crippen LogP contribution in [0.1, 0.15) is 13.3 Å². The molecular weight excluding hydrogens is 156 g/mol. The van der Waals surface area contributed by atoms with Gasteiger partial charge in [-0.15, -0.1) is 11.6 Å². The van der Waals surface area contributed by atoms with Crippen LogP contribution in [-0.2, 0) is 9.53 Å². The molecule has 10 heavy (non-hydrogen) atoms. The first-order valence-electron chi connectivity index (χ1n) is 3.04. The Bertz CT molecular complexity index is 105. The van der Waals surface area contributed by atoms with Crippen LogP contribution in [0.2, 0.25) is 0 Å². The molecule has 0 bridgehead atoms. The lowest BCUT2D eigenvalue weighted by Gasteiger charge is -2.11. The topological polar surface area (TPSA) is 49.4 Å². The summed E-state index contributed by atoms with van der Waals surface area (Å²) in [5, 5.41) is 9.95. The summed E-state index contributed by atoms with van der Waals surface area (Å²) >= 11 is 5.29. The molecule has 4 heteroatoms. The van der Waals surface area contributed by atoms with Gasteiger partial charge in [0.15, 0.2) is 0 Å². The van der Waals surface area contributed by atoms with Crippen molar-refractivity contribution in [2.24, 2.45) is 0 Å². The van der Waals surface area contributed by atoms with Gasteiger partial charge in [-0.25, -0.2) is 0 Å². The molecule has 0 N–H and O–H groups in total. The highest BCUT2D eigenvalue weighted by Gasteiger charge is 2.00. The van der Waals surface area contributed by atoms with Gasteiger partial charge in [-0.3, -0.25) is 0 Å². The molecule has 1 atom stereocenters. The fourth-order valence-corrected chi connectivity index (χ4v) is 0.628. The van der Waals surface area contributed by atoms with Crippen molar-refractivity contribution < 1.29 is 14.6 Å². The fraction of sp³-hybridized carbons (Fsp3) is 0.833. The van der Waals surface area contributed by atoms with E-state index in [1.165, 1.54) is 0 Å². The van der Waals surface area contributed by atoms with E-state index in [1.807, 2.05) is 0 Å². The maximum atomic E-state index is 9.95. The zero-order valence-electron chi connectivity index (χ0n) is 5.80. The van der Waals surface area contributed by atoms with E-state index in [2.05, 4.69) is 0 Å². The van der Waals surface area contributed by atoms with Crippen LogP contribution in [0.25, 0.3) is 0 Å². The Labute approximate surface area is 64.9 Å². The molecule has 0 aliphatic rings. The molecule has 0 spiro atoms. The SMILES string of the molecule is CC(CC(=O)[O-])OCCCl. The van der Waals surface area contributed by atoms with Gasteiger partial charge in [0.2, 0.25) is 0 Å². The van der Waals surface area contributed by atoms with Gasteiger partial charge >= 0.3 is 0 Å². The van der Waals surface area contributed by atoms with Gasteiger partial charge in [0.05, 0.1) is 12.7 Å². The number of carboxylic acids is 1. The predicted octanol–water partition coefficient (Wildman–Crippen LogP) is -0.230. The van der Waals surface area contributed by atoms with E-state index in [4.69, 9.17) is 16.3 Å². The number of halogens is 1. The number of carbonyl (C=O) groups excluding carboxylic acids is 1. The zero-order chi connectivity index (χ0) is 7.98. The summed E-state index contributed by atoms with van der Waals surface area (Å²) in [7, 11) is 0. The fourth-order valence-electron chi connectivity index (χ4n) is 0.539. The highest BCUT2D eigenvalue weighted by atomic mass is 35.5. The molecule has 0 aliphatic carbocycles. The highest BCUT2D eigenvalue weighted by molar-refractivity contribution is 6.17. The Morgan fingerprint density at radius 2 is 2.40 bits per heavy atom. The molecule has 0 saturated carbocycles. The summed E-state index contributed by atoms with van der Waals surface area (Å²) in [6, 6.07) is 0. The van der Waals surface area contributed by atoms with Crippen molar-refractivity contribution >= 4 is 17.6 Å². The molecule has 0 radical (unpaired) electrons. The lowest BCUT2D eigenvalue weighted by molar-refractivity contribution is -0.307. The number of carbonyl (C=O) groups is 1. The molecule has 0 fully saturated rings. The Morgan fingerprint density at radius 1 is 1.80 bits per heavy atom. The number of rotatable bonds is 5. The second kappa shape index (κ2) is 5.50. The van der Waals surface area contributed by atoms with Crippen molar-refractivity contribution in [3.63, 3.8) is 0 Å². The molecular formula is C6H10ClO3-. The maximum Gasteiger partial charge on any atom is 0.0605 e. The van der Waals surface area contributed by atoms with Crippen LogP contribution < -0.4 is 5.11 Å². The maximum absolute atomic E-state index is 9.95. The lowest BCUT2D eigenvalue weighted by Crippen LogP contribution is -2.27. The average molecular weight is 166 g/mol. The first-order valence-corrected chi connectivity index (χ1v) is 3.57. The Balaban J connectivity index is 3.25. The molecule has 0 aromatic heterocycles. The van der Waals surface area contributed by atoms with E-state index in [0.29, 0.717) is 12.5 Å². The molecule has 0 aromatic carbocycles. The minimum atomic E-state index is -1.10. The second-order valence-corrected chi connectivity index (χ2v) is 2.32. The van der Waals surface area contributed by atoms with Crippen LogP contribution in [0.5, 0.6) is 0 Å². The monoisotopic (exact) mass is 165 g/mol. The molecule has 0 amide bonds. The summed E-state index contributed by atoms with van der Waals surface area (Å²) in [5.41, 5.74) is 0. The van der Waals surface area contributed by atoms with Crippen LogP contribution in [0, 0.1) is 0 Å². The van der Waals surface area contributed by atoms with Crippen LogP contribution in [0.4, 0.5) is 0 Å². The van der Waals surface area contributed by atoms with Gasteiger partial charge in [0.25, 0.3) is 0 Å². The van der Waals surface area contributed by atoms with Gasteiger partial charge in [-0.05, 0) is 6.92 Å². The molecule has 0 aromatic rings. The summed E-state index contributed by atoms with van der Waals surface area (Å²) in [4.78, 5) is 9.95. The number of hydrogen-bond acceptors (Lipinski definition) is 3. The van der Waals surface area contributed by atoms with Gasteiger partial charge in [-0.1, -0.05) is 0 Å². The summed E-state index contributed by atoms with van der Waals surface area (Å²) < 4.78 is 4.95. The smallest absolute Gasteiger partial charge is 0.0605 e. The molecule has 60 valence electrons. The third-order valence-corrected chi connectivity index (χ3v) is 1.09. The van der Waals surface area contributed by atoms with Crippen molar-refractivity contribution in [3.8, 4) is 0 Å². The number of ether oxygens (including phenoxy) is 1. The van der Waals surface area contributed by atoms with Gasteiger partial charge in [0, 0.05) is 18.3 Å². The summed E-state index contributed by atoms with van der Waals surface area (Å²) in [6.45, 7) is 2.05. The third-order valence-electron chi connectivity index (χ3n) is 0.934.